The average Bonchev–Trinajstić information content (AvgIpc) is 3.09. The zero-order valence-corrected chi connectivity index (χ0v) is 14.3. The fraction of sp³-hybridized carbons (Fsp3) is 0.318. The van der Waals surface area contributed by atoms with Crippen LogP contribution in [0, 0.1) is 13.8 Å². The molecule has 1 aliphatic heterocycles. The molecule has 0 N–H and O–H groups in total. The number of rotatable bonds is 0. The number of aromatic nitrogens is 1. The summed E-state index contributed by atoms with van der Waals surface area (Å²) in [5.74, 6) is 0. The van der Waals surface area contributed by atoms with Crippen LogP contribution in [0.2, 0.25) is 0 Å². The van der Waals surface area contributed by atoms with Gasteiger partial charge in [0.15, 0.2) is 5.54 Å². The van der Waals surface area contributed by atoms with Gasteiger partial charge in [0.2, 0.25) is 11.2 Å². The Morgan fingerprint density at radius 3 is 2.57 bits per heavy atom. The molecule has 2 unspecified atom stereocenters. The van der Waals surface area contributed by atoms with E-state index >= 15 is 0 Å². The van der Waals surface area contributed by atoms with Crippen LogP contribution in [0.3, 0.4) is 0 Å². The number of hydrogen-bond donors (Lipinski definition) is 0. The van der Waals surface area contributed by atoms with Crippen molar-refractivity contribution < 1.29 is 4.57 Å². The average molecular weight is 300 g/mol. The zero-order chi connectivity index (χ0) is 16.0. The summed E-state index contributed by atoms with van der Waals surface area (Å²) in [7, 11) is 0. The van der Waals surface area contributed by atoms with E-state index in [4.69, 9.17) is 0 Å². The molecule has 1 aromatic heterocycles. The standard InChI is InChI=1S/C22H22N/c1-14-11-15(2)20-17(12-14)19-10-9-16-7-5-6-8-18(16)23(19)22(4)13-21(20,22)3/h5-12H,13H2,1-4H3/q+1. The predicted octanol–water partition coefficient (Wildman–Crippen LogP) is 4.80. The molecule has 1 fully saturated rings. The number of aryl methyl sites for hydroxylation is 2. The van der Waals surface area contributed by atoms with Crippen molar-refractivity contribution in [2.45, 2.75) is 45.1 Å². The van der Waals surface area contributed by atoms with Crippen molar-refractivity contribution in [3.63, 3.8) is 0 Å². The van der Waals surface area contributed by atoms with Crippen molar-refractivity contribution >= 4 is 10.9 Å². The number of benzene rings is 2. The summed E-state index contributed by atoms with van der Waals surface area (Å²) in [5, 5.41) is 1.33. The van der Waals surface area contributed by atoms with Gasteiger partial charge in [0.05, 0.1) is 11.0 Å². The molecule has 0 radical (unpaired) electrons. The molecule has 1 saturated carbocycles. The summed E-state index contributed by atoms with van der Waals surface area (Å²) in [6.07, 6.45) is 1.22. The van der Waals surface area contributed by atoms with Crippen LogP contribution in [-0.4, -0.2) is 0 Å². The molecule has 114 valence electrons. The van der Waals surface area contributed by atoms with Crippen LogP contribution in [-0.2, 0) is 11.0 Å². The van der Waals surface area contributed by atoms with Gasteiger partial charge in [-0.05, 0) is 50.1 Å². The predicted molar refractivity (Wildman–Crippen MR) is 94.7 cm³/mol. The fourth-order valence-electron chi connectivity index (χ4n) is 5.18. The Morgan fingerprint density at radius 2 is 1.74 bits per heavy atom. The lowest BCUT2D eigenvalue weighted by Crippen LogP contribution is -2.53. The molecule has 3 aromatic rings. The van der Waals surface area contributed by atoms with E-state index in [1.54, 1.807) is 5.56 Å². The molecule has 2 atom stereocenters. The van der Waals surface area contributed by atoms with Crippen LogP contribution >= 0.6 is 0 Å². The molecule has 5 rings (SSSR count). The Kier molecular flexibility index (Phi) is 2.22. The second-order valence-electron chi connectivity index (χ2n) is 7.90. The lowest BCUT2D eigenvalue weighted by atomic mass is 9.80. The molecule has 1 nitrogen and oxygen atoms in total. The second kappa shape index (κ2) is 3.84. The third-order valence-corrected chi connectivity index (χ3v) is 6.40. The van der Waals surface area contributed by atoms with Crippen molar-refractivity contribution in [1.82, 2.24) is 0 Å². The minimum absolute atomic E-state index is 0.191. The van der Waals surface area contributed by atoms with Gasteiger partial charge in [-0.25, -0.2) is 0 Å². The first kappa shape index (κ1) is 13.3. The van der Waals surface area contributed by atoms with E-state index in [-0.39, 0.29) is 11.0 Å². The smallest absolute Gasteiger partial charge is 0.185 e. The molecule has 2 aliphatic rings. The van der Waals surface area contributed by atoms with Crippen LogP contribution in [0.4, 0.5) is 0 Å². The van der Waals surface area contributed by atoms with Crippen LogP contribution < -0.4 is 4.57 Å². The number of fused-ring (bicyclic) bond motifs is 8. The number of hydrogen-bond acceptors (Lipinski definition) is 0. The lowest BCUT2D eigenvalue weighted by Gasteiger charge is -2.28. The van der Waals surface area contributed by atoms with Crippen molar-refractivity contribution in [3.8, 4) is 11.3 Å². The highest BCUT2D eigenvalue weighted by molar-refractivity contribution is 5.80. The maximum Gasteiger partial charge on any atom is 0.213 e. The highest BCUT2D eigenvalue weighted by Gasteiger charge is 2.74. The fourth-order valence-corrected chi connectivity index (χ4v) is 5.18. The Labute approximate surface area is 137 Å². The van der Waals surface area contributed by atoms with Crippen molar-refractivity contribution in [1.29, 1.82) is 0 Å². The van der Waals surface area contributed by atoms with Crippen molar-refractivity contribution in [2.24, 2.45) is 0 Å². The van der Waals surface area contributed by atoms with Gasteiger partial charge in [0, 0.05) is 30.9 Å². The first-order valence-electron chi connectivity index (χ1n) is 8.52. The molecule has 0 amide bonds. The molecule has 0 saturated heterocycles. The Morgan fingerprint density at radius 1 is 0.957 bits per heavy atom. The zero-order valence-electron chi connectivity index (χ0n) is 14.3. The van der Waals surface area contributed by atoms with Crippen LogP contribution in [0.15, 0.2) is 48.5 Å². The third-order valence-electron chi connectivity index (χ3n) is 6.40. The monoisotopic (exact) mass is 300 g/mol. The molecule has 2 aromatic carbocycles. The van der Waals surface area contributed by atoms with E-state index in [1.807, 2.05) is 0 Å². The highest BCUT2D eigenvalue weighted by atomic mass is 15.2. The van der Waals surface area contributed by atoms with Gasteiger partial charge in [0.1, 0.15) is 0 Å². The van der Waals surface area contributed by atoms with Crippen molar-refractivity contribution in [2.75, 3.05) is 0 Å². The van der Waals surface area contributed by atoms with Gasteiger partial charge in [0.25, 0.3) is 0 Å². The van der Waals surface area contributed by atoms with E-state index in [0.717, 1.165) is 0 Å². The maximum atomic E-state index is 2.61. The molecule has 1 heteroatoms. The largest absolute Gasteiger partial charge is 0.213 e. The van der Waals surface area contributed by atoms with Gasteiger partial charge >= 0.3 is 0 Å². The molecule has 0 spiro atoms. The van der Waals surface area contributed by atoms with Crippen LogP contribution in [0.1, 0.15) is 37.0 Å². The third kappa shape index (κ3) is 1.42. The Bertz CT molecular complexity index is 1000. The highest BCUT2D eigenvalue weighted by Crippen LogP contribution is 2.64. The number of nitrogens with zero attached hydrogens (tertiary/aromatic N) is 1. The van der Waals surface area contributed by atoms with E-state index < -0.39 is 0 Å². The normalized spacial score (nSPS) is 27.3. The van der Waals surface area contributed by atoms with E-state index in [2.05, 4.69) is 80.8 Å². The topological polar surface area (TPSA) is 3.88 Å². The van der Waals surface area contributed by atoms with E-state index in [0.29, 0.717) is 0 Å². The summed E-state index contributed by atoms with van der Waals surface area (Å²) in [6, 6.07) is 18.1. The molecule has 2 heterocycles. The Balaban J connectivity index is 1.99. The summed E-state index contributed by atoms with van der Waals surface area (Å²) in [5.41, 5.74) is 8.99. The summed E-state index contributed by atoms with van der Waals surface area (Å²) in [6.45, 7) is 9.38. The van der Waals surface area contributed by atoms with Crippen LogP contribution in [0.5, 0.6) is 0 Å². The molecule has 23 heavy (non-hydrogen) atoms. The van der Waals surface area contributed by atoms with Gasteiger partial charge in [-0.3, -0.25) is 0 Å². The first-order valence-corrected chi connectivity index (χ1v) is 8.52. The van der Waals surface area contributed by atoms with Gasteiger partial charge in [-0.15, -0.1) is 0 Å². The van der Waals surface area contributed by atoms with Gasteiger partial charge in [-0.2, -0.15) is 4.57 Å². The van der Waals surface area contributed by atoms with Gasteiger partial charge < -0.3 is 0 Å². The molecular formula is C22H22N+. The SMILES string of the molecule is Cc1cc(C)c2c(c1)-c1ccc3ccccc3[n+]1C1(C)CC21C. The minimum atomic E-state index is 0.191. The first-order chi connectivity index (χ1) is 11.0. The lowest BCUT2D eigenvalue weighted by molar-refractivity contribution is -0.707. The number of pyridine rings is 1. The van der Waals surface area contributed by atoms with Crippen LogP contribution in [0.25, 0.3) is 22.2 Å². The van der Waals surface area contributed by atoms with E-state index in [1.165, 1.54) is 39.7 Å². The quantitative estimate of drug-likeness (QED) is 0.525. The van der Waals surface area contributed by atoms with Gasteiger partial charge in [-0.1, -0.05) is 23.8 Å². The molecule has 0 bridgehead atoms. The second-order valence-corrected chi connectivity index (χ2v) is 7.90. The summed E-state index contributed by atoms with van der Waals surface area (Å²) >= 11 is 0. The molecule has 1 aliphatic carbocycles. The number of para-hydroxylation sites is 1. The minimum Gasteiger partial charge on any atom is -0.185 e. The van der Waals surface area contributed by atoms with Crippen molar-refractivity contribution in [3.05, 3.63) is 65.2 Å². The summed E-state index contributed by atoms with van der Waals surface area (Å²) in [4.78, 5) is 0. The maximum absolute atomic E-state index is 2.61. The molecular weight excluding hydrogens is 278 g/mol. The van der Waals surface area contributed by atoms with E-state index in [9.17, 15) is 0 Å². The summed E-state index contributed by atoms with van der Waals surface area (Å²) < 4.78 is 2.61. The Hall–Kier alpha value is -2.15.